The Morgan fingerprint density at radius 1 is 1.33 bits per heavy atom. The number of hydrogen-bond donors (Lipinski definition) is 1. The molecule has 2 rings (SSSR count). The maximum Gasteiger partial charge on any atom is 0.0644 e. The lowest BCUT2D eigenvalue weighted by molar-refractivity contribution is 0.160. The van der Waals surface area contributed by atoms with Crippen LogP contribution < -0.4 is 5.32 Å². The van der Waals surface area contributed by atoms with Crippen LogP contribution >= 0.6 is 0 Å². The summed E-state index contributed by atoms with van der Waals surface area (Å²) in [4.78, 5) is 2.67. The smallest absolute Gasteiger partial charge is 0.0644 e. The van der Waals surface area contributed by atoms with Crippen LogP contribution in [0.2, 0.25) is 0 Å². The zero-order valence-electron chi connectivity index (χ0n) is 14.4. The fraction of sp³-hybridized carbons (Fsp3) is 0.824. The minimum Gasteiger partial charge on any atom is -0.317 e. The van der Waals surface area contributed by atoms with Gasteiger partial charge in [0.25, 0.3) is 0 Å². The van der Waals surface area contributed by atoms with E-state index in [-0.39, 0.29) is 0 Å². The molecular weight excluding hydrogens is 260 g/mol. The number of hydrogen-bond acceptors (Lipinski definition) is 3. The monoisotopic (exact) mass is 292 g/mol. The molecule has 0 aromatic carbocycles. The lowest BCUT2D eigenvalue weighted by Crippen LogP contribution is -2.38. The maximum atomic E-state index is 4.60. The van der Waals surface area contributed by atoms with Gasteiger partial charge in [-0.3, -0.25) is 9.58 Å². The van der Waals surface area contributed by atoms with Crippen LogP contribution in [0.5, 0.6) is 0 Å². The molecule has 0 bridgehead atoms. The van der Waals surface area contributed by atoms with Gasteiger partial charge in [0.2, 0.25) is 0 Å². The zero-order chi connectivity index (χ0) is 15.4. The van der Waals surface area contributed by atoms with E-state index in [1.807, 2.05) is 4.68 Å². The molecule has 1 atom stereocenters. The standard InChI is InChI=1S/C17H32N4/c1-6-11-21(12-16-7-9-18-10-8-16)15(4)17-13(2)19-20(5)14(17)3/h15-16,18H,6-12H2,1-5H3. The van der Waals surface area contributed by atoms with E-state index < -0.39 is 0 Å². The molecule has 1 aliphatic heterocycles. The normalized spacial score (nSPS) is 18.4. The summed E-state index contributed by atoms with van der Waals surface area (Å²) in [5.41, 5.74) is 3.93. The van der Waals surface area contributed by atoms with Crippen molar-refractivity contribution in [2.24, 2.45) is 13.0 Å². The largest absolute Gasteiger partial charge is 0.317 e. The number of rotatable bonds is 6. The summed E-state index contributed by atoms with van der Waals surface area (Å²) in [6, 6.07) is 0.466. The Morgan fingerprint density at radius 2 is 2.00 bits per heavy atom. The van der Waals surface area contributed by atoms with Gasteiger partial charge in [-0.1, -0.05) is 6.92 Å². The van der Waals surface area contributed by atoms with Gasteiger partial charge in [0.05, 0.1) is 5.69 Å². The highest BCUT2D eigenvalue weighted by molar-refractivity contribution is 5.27. The van der Waals surface area contributed by atoms with Gasteiger partial charge in [-0.15, -0.1) is 0 Å². The second-order valence-electron chi connectivity index (χ2n) is 6.57. The third-order valence-corrected chi connectivity index (χ3v) is 4.99. The van der Waals surface area contributed by atoms with Crippen LogP contribution in [0.15, 0.2) is 0 Å². The van der Waals surface area contributed by atoms with Crippen molar-refractivity contribution in [2.45, 2.75) is 53.0 Å². The molecular formula is C17H32N4. The summed E-state index contributed by atoms with van der Waals surface area (Å²) in [7, 11) is 2.05. The molecule has 1 N–H and O–H groups in total. The summed E-state index contributed by atoms with van der Waals surface area (Å²) in [6.07, 6.45) is 3.85. The third-order valence-electron chi connectivity index (χ3n) is 4.99. The molecule has 2 heterocycles. The molecule has 1 aromatic heterocycles. The third kappa shape index (κ3) is 3.86. The predicted molar refractivity (Wildman–Crippen MR) is 88.6 cm³/mol. The second kappa shape index (κ2) is 7.41. The summed E-state index contributed by atoms with van der Waals surface area (Å²) in [5.74, 6) is 0.845. The maximum absolute atomic E-state index is 4.60. The molecule has 4 nitrogen and oxygen atoms in total. The molecule has 1 aliphatic rings. The van der Waals surface area contributed by atoms with Gasteiger partial charge in [0, 0.05) is 30.9 Å². The average molecular weight is 292 g/mol. The zero-order valence-corrected chi connectivity index (χ0v) is 14.4. The second-order valence-corrected chi connectivity index (χ2v) is 6.57. The number of nitrogens with one attached hydrogen (secondary N) is 1. The van der Waals surface area contributed by atoms with Crippen LogP contribution in [0.25, 0.3) is 0 Å². The van der Waals surface area contributed by atoms with Crippen molar-refractivity contribution in [2.75, 3.05) is 26.2 Å². The number of aryl methyl sites for hydroxylation is 2. The van der Waals surface area contributed by atoms with Crippen molar-refractivity contribution < 1.29 is 0 Å². The Bertz CT molecular complexity index is 446. The predicted octanol–water partition coefficient (Wildman–Crippen LogP) is 2.81. The van der Waals surface area contributed by atoms with Gasteiger partial charge in [-0.05, 0) is 65.6 Å². The fourth-order valence-electron chi connectivity index (χ4n) is 3.70. The van der Waals surface area contributed by atoms with Crippen LogP contribution in [0.4, 0.5) is 0 Å². The van der Waals surface area contributed by atoms with Crippen LogP contribution in [0.3, 0.4) is 0 Å². The first-order chi connectivity index (χ1) is 10.0. The van der Waals surface area contributed by atoms with Gasteiger partial charge < -0.3 is 5.32 Å². The number of piperidine rings is 1. The highest BCUT2D eigenvalue weighted by Gasteiger charge is 2.24. The minimum atomic E-state index is 0.466. The fourth-order valence-corrected chi connectivity index (χ4v) is 3.70. The van der Waals surface area contributed by atoms with E-state index in [2.05, 4.69) is 50.1 Å². The lowest BCUT2D eigenvalue weighted by Gasteiger charge is -2.34. The van der Waals surface area contributed by atoms with Crippen LogP contribution in [0, 0.1) is 19.8 Å². The van der Waals surface area contributed by atoms with E-state index in [0.29, 0.717) is 6.04 Å². The Morgan fingerprint density at radius 3 is 2.52 bits per heavy atom. The van der Waals surface area contributed by atoms with Crippen molar-refractivity contribution in [1.29, 1.82) is 0 Å². The molecule has 0 spiro atoms. The highest BCUT2D eigenvalue weighted by Crippen LogP contribution is 2.28. The number of aromatic nitrogens is 2. The Hall–Kier alpha value is -0.870. The Balaban J connectivity index is 2.12. The quantitative estimate of drug-likeness (QED) is 0.875. The topological polar surface area (TPSA) is 33.1 Å². The minimum absolute atomic E-state index is 0.466. The first kappa shape index (κ1) is 16.5. The van der Waals surface area contributed by atoms with E-state index in [1.165, 1.54) is 62.4 Å². The SMILES string of the molecule is CCCN(CC1CCNCC1)C(C)c1c(C)nn(C)c1C. The first-order valence-corrected chi connectivity index (χ1v) is 8.49. The van der Waals surface area contributed by atoms with E-state index in [9.17, 15) is 0 Å². The Labute approximate surface area is 129 Å². The van der Waals surface area contributed by atoms with Gasteiger partial charge in [-0.25, -0.2) is 0 Å². The van der Waals surface area contributed by atoms with E-state index in [1.54, 1.807) is 0 Å². The number of nitrogens with zero attached hydrogens (tertiary/aromatic N) is 3. The van der Waals surface area contributed by atoms with Gasteiger partial charge in [0.1, 0.15) is 0 Å². The molecule has 1 aromatic rings. The van der Waals surface area contributed by atoms with Gasteiger partial charge >= 0.3 is 0 Å². The van der Waals surface area contributed by atoms with Gasteiger partial charge in [-0.2, -0.15) is 5.10 Å². The van der Waals surface area contributed by atoms with Crippen molar-refractivity contribution in [3.8, 4) is 0 Å². The molecule has 1 unspecified atom stereocenters. The molecule has 1 fully saturated rings. The van der Waals surface area contributed by atoms with Crippen LogP contribution in [-0.4, -0.2) is 40.9 Å². The molecule has 21 heavy (non-hydrogen) atoms. The molecule has 0 radical (unpaired) electrons. The van der Waals surface area contributed by atoms with Crippen molar-refractivity contribution in [3.63, 3.8) is 0 Å². The van der Waals surface area contributed by atoms with E-state index >= 15 is 0 Å². The summed E-state index contributed by atoms with van der Waals surface area (Å²) in [6.45, 7) is 13.8. The van der Waals surface area contributed by atoms with Crippen molar-refractivity contribution in [3.05, 3.63) is 17.0 Å². The lowest BCUT2D eigenvalue weighted by atomic mass is 9.95. The van der Waals surface area contributed by atoms with Crippen LogP contribution in [-0.2, 0) is 7.05 Å². The molecule has 0 saturated carbocycles. The van der Waals surface area contributed by atoms with Crippen LogP contribution in [0.1, 0.15) is 56.1 Å². The highest BCUT2D eigenvalue weighted by atomic mass is 15.3. The molecule has 4 heteroatoms. The van der Waals surface area contributed by atoms with Crippen molar-refractivity contribution >= 4 is 0 Å². The first-order valence-electron chi connectivity index (χ1n) is 8.49. The molecule has 0 aliphatic carbocycles. The van der Waals surface area contributed by atoms with E-state index in [4.69, 9.17) is 0 Å². The summed E-state index contributed by atoms with van der Waals surface area (Å²) >= 11 is 0. The summed E-state index contributed by atoms with van der Waals surface area (Å²) < 4.78 is 2.02. The summed E-state index contributed by atoms with van der Waals surface area (Å²) in [5, 5.41) is 8.07. The van der Waals surface area contributed by atoms with Gasteiger partial charge in [0.15, 0.2) is 0 Å². The Kier molecular flexibility index (Phi) is 5.82. The molecule has 0 amide bonds. The molecule has 120 valence electrons. The molecule has 1 saturated heterocycles. The van der Waals surface area contributed by atoms with Crippen molar-refractivity contribution in [1.82, 2.24) is 20.0 Å². The van der Waals surface area contributed by atoms with E-state index in [0.717, 1.165) is 5.92 Å². The average Bonchev–Trinajstić information content (AvgIpc) is 2.72.